The number of carboxylic acid groups (broad SMARTS) is 1. The Morgan fingerprint density at radius 1 is 1.50 bits per heavy atom. The van der Waals surface area contributed by atoms with Crippen molar-refractivity contribution in [3.05, 3.63) is 28.2 Å². The van der Waals surface area contributed by atoms with Crippen LogP contribution in [0.15, 0.2) is 22.7 Å². The van der Waals surface area contributed by atoms with Gasteiger partial charge in [-0.3, -0.25) is 4.79 Å². The van der Waals surface area contributed by atoms with Crippen LogP contribution >= 0.6 is 15.9 Å². The van der Waals surface area contributed by atoms with Gasteiger partial charge in [-0.1, -0.05) is 15.9 Å². The number of nitrogens with one attached hydrogen (secondary N) is 2. The largest absolute Gasteiger partial charge is 0.478 e. The third-order valence-electron chi connectivity index (χ3n) is 2.92. The molecule has 1 aliphatic heterocycles. The van der Waals surface area contributed by atoms with E-state index in [4.69, 9.17) is 9.84 Å². The molecule has 1 fully saturated rings. The fraction of sp³-hybridized carbons (Fsp3) is 0.385. The summed E-state index contributed by atoms with van der Waals surface area (Å²) in [7, 11) is 0. The van der Waals surface area contributed by atoms with Gasteiger partial charge < -0.3 is 20.5 Å². The maximum absolute atomic E-state index is 12.0. The predicted molar refractivity (Wildman–Crippen MR) is 77.0 cm³/mol. The second-order valence-electron chi connectivity index (χ2n) is 4.47. The van der Waals surface area contributed by atoms with Gasteiger partial charge in [-0.25, -0.2) is 4.79 Å². The Bertz CT molecular complexity index is 515. The lowest BCUT2D eigenvalue weighted by Crippen LogP contribution is -2.43. The van der Waals surface area contributed by atoms with E-state index in [2.05, 4.69) is 26.6 Å². The molecule has 1 aliphatic rings. The molecule has 1 aromatic carbocycles. The summed E-state index contributed by atoms with van der Waals surface area (Å²) in [4.78, 5) is 23.1. The molecule has 2 rings (SSSR count). The van der Waals surface area contributed by atoms with E-state index in [-0.39, 0.29) is 29.6 Å². The van der Waals surface area contributed by atoms with E-state index in [0.717, 1.165) is 6.54 Å². The predicted octanol–water partition coefficient (Wildman–Crippen LogP) is 1.46. The van der Waals surface area contributed by atoms with E-state index >= 15 is 0 Å². The van der Waals surface area contributed by atoms with E-state index in [1.807, 2.05) is 0 Å². The molecular weight excluding hydrogens is 328 g/mol. The molecule has 0 radical (unpaired) electrons. The van der Waals surface area contributed by atoms with Gasteiger partial charge >= 0.3 is 5.97 Å². The number of carboxylic acids is 1. The van der Waals surface area contributed by atoms with Gasteiger partial charge in [-0.05, 0) is 18.2 Å². The van der Waals surface area contributed by atoms with Gasteiger partial charge in [0, 0.05) is 23.5 Å². The van der Waals surface area contributed by atoms with Crippen LogP contribution in [0, 0.1) is 0 Å². The molecule has 3 N–H and O–H groups in total. The lowest BCUT2D eigenvalue weighted by molar-refractivity contribution is -0.117. The van der Waals surface area contributed by atoms with E-state index in [1.54, 1.807) is 12.1 Å². The number of hydrogen-bond donors (Lipinski definition) is 3. The minimum atomic E-state index is -1.08. The van der Waals surface area contributed by atoms with Gasteiger partial charge in [0.05, 0.1) is 24.5 Å². The number of ether oxygens (including phenoxy) is 1. The Hall–Kier alpha value is -1.44. The van der Waals surface area contributed by atoms with E-state index in [0.29, 0.717) is 17.7 Å². The molecule has 6 nitrogen and oxygen atoms in total. The second kappa shape index (κ2) is 6.83. The minimum absolute atomic E-state index is 0.0378. The molecule has 0 spiro atoms. The quantitative estimate of drug-likeness (QED) is 0.771. The fourth-order valence-electron chi connectivity index (χ4n) is 1.98. The highest BCUT2D eigenvalue weighted by Gasteiger charge is 2.18. The monoisotopic (exact) mass is 342 g/mol. The standard InChI is InChI=1S/C13H15BrN2O4/c14-8-1-2-10(13(18)19)11(5-8)16-12(17)6-9-7-20-4-3-15-9/h1-2,5,9,15H,3-4,6-7H2,(H,16,17)(H,18,19). The first-order valence-corrected chi connectivity index (χ1v) is 6.99. The van der Waals surface area contributed by atoms with Crippen molar-refractivity contribution in [2.45, 2.75) is 12.5 Å². The van der Waals surface area contributed by atoms with E-state index in [9.17, 15) is 9.59 Å². The minimum Gasteiger partial charge on any atom is -0.478 e. The maximum Gasteiger partial charge on any atom is 0.337 e. The molecule has 1 atom stereocenters. The molecule has 0 saturated carbocycles. The van der Waals surface area contributed by atoms with Crippen molar-refractivity contribution >= 4 is 33.5 Å². The zero-order valence-electron chi connectivity index (χ0n) is 10.7. The molecule has 20 heavy (non-hydrogen) atoms. The average Bonchev–Trinajstić information content (AvgIpc) is 2.39. The lowest BCUT2D eigenvalue weighted by atomic mass is 10.1. The normalized spacial score (nSPS) is 18.6. The van der Waals surface area contributed by atoms with Crippen molar-refractivity contribution < 1.29 is 19.4 Å². The van der Waals surface area contributed by atoms with Crippen LogP contribution in [-0.4, -0.2) is 42.8 Å². The number of amides is 1. The van der Waals surface area contributed by atoms with Gasteiger partial charge in [0.1, 0.15) is 0 Å². The van der Waals surface area contributed by atoms with Crippen molar-refractivity contribution in [1.82, 2.24) is 5.32 Å². The van der Waals surface area contributed by atoms with Crippen LogP contribution in [-0.2, 0) is 9.53 Å². The summed E-state index contributed by atoms with van der Waals surface area (Å²) in [5.74, 6) is -1.32. The van der Waals surface area contributed by atoms with Gasteiger partial charge in [0.2, 0.25) is 5.91 Å². The van der Waals surface area contributed by atoms with Crippen molar-refractivity contribution in [3.8, 4) is 0 Å². The van der Waals surface area contributed by atoms with Crippen molar-refractivity contribution in [2.24, 2.45) is 0 Å². The second-order valence-corrected chi connectivity index (χ2v) is 5.39. The summed E-state index contributed by atoms with van der Waals surface area (Å²) in [5.41, 5.74) is 0.350. The van der Waals surface area contributed by atoms with E-state index < -0.39 is 5.97 Å². The first kappa shape index (κ1) is 15.0. The van der Waals surface area contributed by atoms with Crippen molar-refractivity contribution in [1.29, 1.82) is 0 Å². The van der Waals surface area contributed by atoms with Crippen LogP contribution in [0.2, 0.25) is 0 Å². The first-order chi connectivity index (χ1) is 9.56. The summed E-state index contributed by atoms with van der Waals surface area (Å²) in [6.45, 7) is 1.85. The van der Waals surface area contributed by atoms with E-state index in [1.165, 1.54) is 6.07 Å². The maximum atomic E-state index is 12.0. The van der Waals surface area contributed by atoms with Gasteiger partial charge in [-0.2, -0.15) is 0 Å². The lowest BCUT2D eigenvalue weighted by Gasteiger charge is -2.23. The molecule has 1 saturated heterocycles. The van der Waals surface area contributed by atoms with Crippen LogP contribution < -0.4 is 10.6 Å². The summed E-state index contributed by atoms with van der Waals surface area (Å²) >= 11 is 3.26. The molecule has 108 valence electrons. The third-order valence-corrected chi connectivity index (χ3v) is 3.41. The van der Waals surface area contributed by atoms with Gasteiger partial charge in [-0.15, -0.1) is 0 Å². The smallest absolute Gasteiger partial charge is 0.337 e. The van der Waals surface area contributed by atoms with Crippen molar-refractivity contribution in [3.63, 3.8) is 0 Å². The molecule has 0 bridgehead atoms. The Balaban J connectivity index is 2.03. The molecule has 1 heterocycles. The summed E-state index contributed by atoms with van der Waals surface area (Å²) in [5, 5.41) is 14.9. The van der Waals surface area contributed by atoms with Crippen LogP contribution in [0.5, 0.6) is 0 Å². The number of hydrogen-bond acceptors (Lipinski definition) is 4. The SMILES string of the molecule is O=C(CC1COCCN1)Nc1cc(Br)ccc1C(=O)O. The molecule has 0 aromatic heterocycles. The molecule has 7 heteroatoms. The van der Waals surface area contributed by atoms with Gasteiger partial charge in [0.15, 0.2) is 0 Å². The number of carbonyl (C=O) groups is 2. The van der Waals surface area contributed by atoms with Crippen LogP contribution in [0.1, 0.15) is 16.8 Å². The zero-order chi connectivity index (χ0) is 14.5. The number of anilines is 1. The molecule has 1 unspecified atom stereocenters. The Labute approximate surface area is 124 Å². The number of benzene rings is 1. The highest BCUT2D eigenvalue weighted by Crippen LogP contribution is 2.22. The summed E-state index contributed by atoms with van der Waals surface area (Å²) in [6, 6.07) is 4.61. The summed E-state index contributed by atoms with van der Waals surface area (Å²) in [6.07, 6.45) is 0.242. The molecule has 1 amide bonds. The average molecular weight is 343 g/mol. The highest BCUT2D eigenvalue weighted by molar-refractivity contribution is 9.10. The number of halogens is 1. The first-order valence-electron chi connectivity index (χ1n) is 6.20. The van der Waals surface area contributed by atoms with Crippen LogP contribution in [0.25, 0.3) is 0 Å². The molecule has 0 aliphatic carbocycles. The Kier molecular flexibility index (Phi) is 5.11. The number of morpholine rings is 1. The number of aromatic carboxylic acids is 1. The van der Waals surface area contributed by atoms with Crippen molar-refractivity contribution in [2.75, 3.05) is 25.1 Å². The molecular formula is C13H15BrN2O4. The number of rotatable bonds is 4. The summed E-state index contributed by atoms with van der Waals surface area (Å²) < 4.78 is 5.98. The van der Waals surface area contributed by atoms with Crippen LogP contribution in [0.4, 0.5) is 5.69 Å². The number of carbonyl (C=O) groups excluding carboxylic acids is 1. The Morgan fingerprint density at radius 3 is 2.95 bits per heavy atom. The topological polar surface area (TPSA) is 87.7 Å². The van der Waals surface area contributed by atoms with Gasteiger partial charge in [0.25, 0.3) is 0 Å². The Morgan fingerprint density at radius 2 is 2.30 bits per heavy atom. The third kappa shape index (κ3) is 4.03. The zero-order valence-corrected chi connectivity index (χ0v) is 12.3. The molecule has 1 aromatic rings. The van der Waals surface area contributed by atoms with Crippen LogP contribution in [0.3, 0.4) is 0 Å². The highest BCUT2D eigenvalue weighted by atomic mass is 79.9. The fourth-order valence-corrected chi connectivity index (χ4v) is 2.34.